The minimum absolute atomic E-state index is 0.0407. The van der Waals surface area contributed by atoms with E-state index in [1.165, 1.54) is 32.1 Å². The van der Waals surface area contributed by atoms with Crippen LogP contribution in [0.5, 0.6) is 5.88 Å². The van der Waals surface area contributed by atoms with Gasteiger partial charge in [0.1, 0.15) is 5.69 Å². The van der Waals surface area contributed by atoms with Gasteiger partial charge in [0, 0.05) is 12.4 Å². The third-order valence-corrected chi connectivity index (χ3v) is 3.48. The van der Waals surface area contributed by atoms with Crippen LogP contribution in [0, 0.1) is 5.92 Å². The van der Waals surface area contributed by atoms with Crippen LogP contribution >= 0.6 is 0 Å². The van der Waals surface area contributed by atoms with E-state index in [-0.39, 0.29) is 6.04 Å². The molecule has 5 heteroatoms. The van der Waals surface area contributed by atoms with Crippen molar-refractivity contribution in [3.8, 4) is 5.88 Å². The van der Waals surface area contributed by atoms with E-state index in [0.717, 1.165) is 5.69 Å². The standard InChI is InChI=1S/C12H20N4O/c1-17-12-11(14-7-8-15-12)10(16-13)9-5-3-2-4-6-9/h7-10,16H,2-6,13H2,1H3. The van der Waals surface area contributed by atoms with Gasteiger partial charge in [-0.05, 0) is 18.8 Å². The first-order chi connectivity index (χ1) is 8.36. The number of hydrogen-bond donors (Lipinski definition) is 2. The van der Waals surface area contributed by atoms with Crippen molar-refractivity contribution < 1.29 is 4.74 Å². The SMILES string of the molecule is COc1nccnc1C(NN)C1CCCCC1. The number of nitrogens with zero attached hydrogens (tertiary/aromatic N) is 2. The number of ether oxygens (including phenoxy) is 1. The molecule has 1 atom stereocenters. The van der Waals surface area contributed by atoms with Gasteiger partial charge < -0.3 is 4.74 Å². The molecule has 3 N–H and O–H groups in total. The lowest BCUT2D eigenvalue weighted by atomic mass is 9.83. The molecular weight excluding hydrogens is 216 g/mol. The Morgan fingerprint density at radius 2 is 2.00 bits per heavy atom. The third-order valence-electron chi connectivity index (χ3n) is 3.48. The van der Waals surface area contributed by atoms with Crippen LogP contribution in [-0.4, -0.2) is 17.1 Å². The first-order valence-electron chi connectivity index (χ1n) is 6.18. The summed E-state index contributed by atoms with van der Waals surface area (Å²) < 4.78 is 5.25. The second-order valence-electron chi connectivity index (χ2n) is 4.49. The average Bonchev–Trinajstić information content (AvgIpc) is 2.41. The van der Waals surface area contributed by atoms with Crippen LogP contribution in [-0.2, 0) is 0 Å². The fraction of sp³-hybridized carbons (Fsp3) is 0.667. The normalized spacial score (nSPS) is 18.9. The molecule has 0 spiro atoms. The van der Waals surface area contributed by atoms with Crippen molar-refractivity contribution in [3.63, 3.8) is 0 Å². The molecule has 1 aromatic rings. The highest BCUT2D eigenvalue weighted by molar-refractivity contribution is 5.21. The van der Waals surface area contributed by atoms with Crippen molar-refractivity contribution in [1.29, 1.82) is 0 Å². The van der Waals surface area contributed by atoms with Crippen molar-refractivity contribution in [2.24, 2.45) is 11.8 Å². The minimum Gasteiger partial charge on any atom is -0.480 e. The fourth-order valence-corrected chi connectivity index (χ4v) is 2.61. The summed E-state index contributed by atoms with van der Waals surface area (Å²) in [6.07, 6.45) is 9.56. The Labute approximate surface area is 102 Å². The van der Waals surface area contributed by atoms with Gasteiger partial charge >= 0.3 is 0 Å². The topological polar surface area (TPSA) is 73.1 Å². The maximum absolute atomic E-state index is 5.69. The van der Waals surface area contributed by atoms with Crippen LogP contribution in [0.15, 0.2) is 12.4 Å². The molecule has 0 radical (unpaired) electrons. The number of nitrogens with two attached hydrogens (primary N) is 1. The lowest BCUT2D eigenvalue weighted by Gasteiger charge is -2.29. The van der Waals surface area contributed by atoms with Crippen LogP contribution in [0.25, 0.3) is 0 Å². The summed E-state index contributed by atoms with van der Waals surface area (Å²) in [7, 11) is 1.61. The summed E-state index contributed by atoms with van der Waals surface area (Å²) in [6.45, 7) is 0. The summed E-state index contributed by atoms with van der Waals surface area (Å²) in [5, 5.41) is 0. The minimum atomic E-state index is 0.0407. The lowest BCUT2D eigenvalue weighted by molar-refractivity contribution is 0.261. The van der Waals surface area contributed by atoms with E-state index in [9.17, 15) is 0 Å². The van der Waals surface area contributed by atoms with Gasteiger partial charge in [-0.15, -0.1) is 0 Å². The van der Waals surface area contributed by atoms with E-state index in [1.807, 2.05) is 0 Å². The van der Waals surface area contributed by atoms with Gasteiger partial charge in [0.2, 0.25) is 5.88 Å². The quantitative estimate of drug-likeness (QED) is 0.613. The lowest BCUT2D eigenvalue weighted by Crippen LogP contribution is -2.35. The van der Waals surface area contributed by atoms with Crippen LogP contribution in [0.2, 0.25) is 0 Å². The zero-order chi connectivity index (χ0) is 12.1. The van der Waals surface area contributed by atoms with E-state index in [2.05, 4.69) is 15.4 Å². The number of methoxy groups -OCH3 is 1. The number of rotatable bonds is 4. The van der Waals surface area contributed by atoms with E-state index >= 15 is 0 Å². The largest absolute Gasteiger partial charge is 0.480 e. The molecule has 1 unspecified atom stereocenters. The molecule has 0 bridgehead atoms. The number of aromatic nitrogens is 2. The van der Waals surface area contributed by atoms with Crippen LogP contribution in [0.1, 0.15) is 43.8 Å². The van der Waals surface area contributed by atoms with E-state index < -0.39 is 0 Å². The molecular formula is C12H20N4O. The summed E-state index contributed by atoms with van der Waals surface area (Å²) >= 11 is 0. The van der Waals surface area contributed by atoms with Gasteiger partial charge in [-0.2, -0.15) is 0 Å². The molecule has 0 aromatic carbocycles. The van der Waals surface area contributed by atoms with Gasteiger partial charge in [-0.25, -0.2) is 4.98 Å². The Morgan fingerprint density at radius 3 is 2.65 bits per heavy atom. The maximum Gasteiger partial charge on any atom is 0.237 e. The van der Waals surface area contributed by atoms with Crippen molar-refractivity contribution >= 4 is 0 Å². The van der Waals surface area contributed by atoms with Gasteiger partial charge in [0.15, 0.2) is 0 Å². The molecule has 1 aromatic heterocycles. The maximum atomic E-state index is 5.69. The molecule has 0 saturated heterocycles. The van der Waals surface area contributed by atoms with Crippen molar-refractivity contribution in [1.82, 2.24) is 15.4 Å². The molecule has 1 fully saturated rings. The Bertz CT molecular complexity index is 352. The second-order valence-corrected chi connectivity index (χ2v) is 4.49. The molecule has 1 aliphatic carbocycles. The summed E-state index contributed by atoms with van der Waals surface area (Å²) in [5.41, 5.74) is 3.70. The van der Waals surface area contributed by atoms with E-state index in [1.54, 1.807) is 19.5 Å². The first kappa shape index (κ1) is 12.3. The Morgan fingerprint density at radius 1 is 1.29 bits per heavy atom. The zero-order valence-electron chi connectivity index (χ0n) is 10.2. The smallest absolute Gasteiger partial charge is 0.237 e. The van der Waals surface area contributed by atoms with Gasteiger partial charge in [-0.3, -0.25) is 16.3 Å². The zero-order valence-corrected chi connectivity index (χ0v) is 10.2. The van der Waals surface area contributed by atoms with Gasteiger partial charge in [0.05, 0.1) is 13.2 Å². The molecule has 0 amide bonds. The Hall–Kier alpha value is -1.20. The third kappa shape index (κ3) is 2.73. The van der Waals surface area contributed by atoms with E-state index in [0.29, 0.717) is 11.8 Å². The first-order valence-corrected chi connectivity index (χ1v) is 6.18. The van der Waals surface area contributed by atoms with Crippen molar-refractivity contribution in [3.05, 3.63) is 18.1 Å². The summed E-state index contributed by atoms with van der Waals surface area (Å²) in [6, 6.07) is 0.0407. The van der Waals surface area contributed by atoms with Crippen molar-refractivity contribution in [2.45, 2.75) is 38.1 Å². The van der Waals surface area contributed by atoms with Gasteiger partial charge in [0.25, 0.3) is 0 Å². The Kier molecular flexibility index (Phi) is 4.28. The molecule has 17 heavy (non-hydrogen) atoms. The molecule has 0 aliphatic heterocycles. The molecule has 5 nitrogen and oxygen atoms in total. The molecule has 1 heterocycles. The summed E-state index contributed by atoms with van der Waals surface area (Å²) in [4.78, 5) is 8.55. The predicted octanol–water partition coefficient (Wildman–Crippen LogP) is 1.57. The highest BCUT2D eigenvalue weighted by atomic mass is 16.5. The summed E-state index contributed by atoms with van der Waals surface area (Å²) in [5.74, 6) is 6.78. The predicted molar refractivity (Wildman–Crippen MR) is 65.2 cm³/mol. The average molecular weight is 236 g/mol. The molecule has 94 valence electrons. The number of nitrogens with one attached hydrogen (secondary N) is 1. The van der Waals surface area contributed by atoms with E-state index in [4.69, 9.17) is 10.6 Å². The van der Waals surface area contributed by atoms with Gasteiger partial charge in [-0.1, -0.05) is 19.3 Å². The highest BCUT2D eigenvalue weighted by Crippen LogP contribution is 2.35. The highest BCUT2D eigenvalue weighted by Gasteiger charge is 2.27. The molecule has 2 rings (SSSR count). The number of hydrogen-bond acceptors (Lipinski definition) is 5. The van der Waals surface area contributed by atoms with Crippen LogP contribution in [0.3, 0.4) is 0 Å². The van der Waals surface area contributed by atoms with Crippen molar-refractivity contribution in [2.75, 3.05) is 7.11 Å². The Balaban J connectivity index is 2.21. The van der Waals surface area contributed by atoms with Crippen LogP contribution in [0.4, 0.5) is 0 Å². The fourth-order valence-electron chi connectivity index (χ4n) is 2.61. The number of hydrazine groups is 1. The molecule has 1 saturated carbocycles. The molecule has 1 aliphatic rings. The monoisotopic (exact) mass is 236 g/mol. The van der Waals surface area contributed by atoms with Crippen LogP contribution < -0.4 is 16.0 Å². The second kappa shape index (κ2) is 5.93.